The highest BCUT2D eigenvalue weighted by atomic mass is 19.3. The number of hydrogen-bond acceptors (Lipinski definition) is 3. The van der Waals surface area contributed by atoms with Crippen molar-refractivity contribution in [2.45, 2.75) is 31.2 Å². The van der Waals surface area contributed by atoms with Gasteiger partial charge in [0, 0.05) is 7.05 Å². The fraction of sp³-hybridized carbons (Fsp3) is 0.545. The van der Waals surface area contributed by atoms with E-state index in [4.69, 9.17) is 5.11 Å². The first kappa shape index (κ1) is 13.4. The Balaban J connectivity index is 2.18. The zero-order valence-corrected chi connectivity index (χ0v) is 10.2. The van der Waals surface area contributed by atoms with E-state index in [1.807, 2.05) is 0 Å². The molecule has 0 bridgehead atoms. The Morgan fingerprint density at radius 3 is 2.53 bits per heavy atom. The molecule has 0 aromatic carbocycles. The van der Waals surface area contributed by atoms with Crippen LogP contribution in [0.3, 0.4) is 0 Å². The van der Waals surface area contributed by atoms with Crippen LogP contribution in [0.5, 0.6) is 0 Å². The van der Waals surface area contributed by atoms with Gasteiger partial charge in [0.2, 0.25) is 0 Å². The molecule has 0 radical (unpaired) electrons. The summed E-state index contributed by atoms with van der Waals surface area (Å²) >= 11 is 0. The maximum Gasteiger partial charge on any atom is 0.329 e. The standard InChI is InChI=1S/C11H13F2N3O3/c1-16-7(5-6(15-16)8(12)13)9(17)14-11(10(18)19)3-2-4-11/h5,8H,2-4H2,1H3,(H,14,17)(H,18,19). The largest absolute Gasteiger partial charge is 0.480 e. The number of aliphatic carboxylic acids is 1. The van der Waals surface area contributed by atoms with Crippen LogP contribution < -0.4 is 5.32 Å². The Labute approximate surface area is 107 Å². The zero-order chi connectivity index (χ0) is 14.2. The number of carbonyl (C=O) groups is 2. The molecule has 19 heavy (non-hydrogen) atoms. The highest BCUT2D eigenvalue weighted by Crippen LogP contribution is 2.32. The van der Waals surface area contributed by atoms with Gasteiger partial charge in [-0.1, -0.05) is 0 Å². The van der Waals surface area contributed by atoms with Gasteiger partial charge in [0.25, 0.3) is 12.3 Å². The van der Waals surface area contributed by atoms with Gasteiger partial charge in [0.05, 0.1) is 0 Å². The number of nitrogens with zero attached hydrogens (tertiary/aromatic N) is 2. The molecule has 0 atom stereocenters. The summed E-state index contributed by atoms with van der Waals surface area (Å²) in [6, 6.07) is 0.966. The average molecular weight is 273 g/mol. The van der Waals surface area contributed by atoms with Gasteiger partial charge < -0.3 is 10.4 Å². The summed E-state index contributed by atoms with van der Waals surface area (Å²) in [5, 5.41) is 15.0. The summed E-state index contributed by atoms with van der Waals surface area (Å²) < 4.78 is 26.0. The van der Waals surface area contributed by atoms with Gasteiger partial charge in [-0.2, -0.15) is 5.10 Å². The molecule has 0 unspecified atom stereocenters. The fourth-order valence-electron chi connectivity index (χ4n) is 2.01. The van der Waals surface area contributed by atoms with E-state index in [-0.39, 0.29) is 5.69 Å². The molecule has 1 aromatic rings. The van der Waals surface area contributed by atoms with Crippen molar-refractivity contribution in [3.05, 3.63) is 17.5 Å². The molecule has 1 heterocycles. The molecule has 2 rings (SSSR count). The van der Waals surface area contributed by atoms with Crippen molar-refractivity contribution in [3.63, 3.8) is 0 Å². The first-order valence-corrected chi connectivity index (χ1v) is 5.74. The van der Waals surface area contributed by atoms with Crippen molar-refractivity contribution in [1.82, 2.24) is 15.1 Å². The SMILES string of the molecule is Cn1nc(C(F)F)cc1C(=O)NC1(C(=O)O)CCC1. The van der Waals surface area contributed by atoms with Crippen LogP contribution in [0.25, 0.3) is 0 Å². The third kappa shape index (κ3) is 2.29. The lowest BCUT2D eigenvalue weighted by atomic mass is 9.76. The molecule has 1 saturated carbocycles. The highest BCUT2D eigenvalue weighted by molar-refractivity contribution is 5.97. The number of rotatable bonds is 4. The summed E-state index contributed by atoms with van der Waals surface area (Å²) in [5.74, 6) is -1.81. The van der Waals surface area contributed by atoms with Crippen LogP contribution in [0, 0.1) is 0 Å². The van der Waals surface area contributed by atoms with E-state index in [0.29, 0.717) is 19.3 Å². The van der Waals surface area contributed by atoms with Crippen molar-refractivity contribution in [3.8, 4) is 0 Å². The molecule has 6 nitrogen and oxygen atoms in total. The number of carboxylic acids is 1. The van der Waals surface area contributed by atoms with Crippen LogP contribution in [-0.4, -0.2) is 32.3 Å². The number of halogens is 2. The summed E-state index contributed by atoms with van der Waals surface area (Å²) in [5.41, 5.74) is -1.86. The zero-order valence-electron chi connectivity index (χ0n) is 10.2. The molecule has 1 aliphatic rings. The second-order valence-corrected chi connectivity index (χ2v) is 4.57. The number of amides is 1. The van der Waals surface area contributed by atoms with Gasteiger partial charge in [0.1, 0.15) is 16.9 Å². The highest BCUT2D eigenvalue weighted by Gasteiger charge is 2.46. The first-order valence-electron chi connectivity index (χ1n) is 5.74. The number of hydrogen-bond donors (Lipinski definition) is 2. The third-order valence-electron chi connectivity index (χ3n) is 3.32. The number of aryl methyl sites for hydroxylation is 1. The lowest BCUT2D eigenvalue weighted by Gasteiger charge is -2.38. The van der Waals surface area contributed by atoms with Gasteiger partial charge in [-0.05, 0) is 25.3 Å². The number of carbonyl (C=O) groups excluding carboxylic acids is 1. The maximum absolute atomic E-state index is 12.5. The summed E-state index contributed by atoms with van der Waals surface area (Å²) in [4.78, 5) is 23.0. The molecule has 0 aliphatic heterocycles. The van der Waals surface area contributed by atoms with E-state index in [1.165, 1.54) is 7.05 Å². The van der Waals surface area contributed by atoms with E-state index in [2.05, 4.69) is 10.4 Å². The van der Waals surface area contributed by atoms with Crippen LogP contribution in [-0.2, 0) is 11.8 Å². The molecule has 0 spiro atoms. The second kappa shape index (κ2) is 4.60. The molecule has 1 amide bonds. The monoisotopic (exact) mass is 273 g/mol. The minimum atomic E-state index is -2.77. The predicted octanol–water partition coefficient (Wildman–Crippen LogP) is 1.09. The summed E-state index contributed by atoms with van der Waals surface area (Å²) in [6.07, 6.45) is -1.38. The van der Waals surface area contributed by atoms with E-state index in [9.17, 15) is 18.4 Å². The third-order valence-corrected chi connectivity index (χ3v) is 3.32. The van der Waals surface area contributed by atoms with Crippen LogP contribution in [0.2, 0.25) is 0 Å². The quantitative estimate of drug-likeness (QED) is 0.860. The Morgan fingerprint density at radius 1 is 1.53 bits per heavy atom. The molecule has 0 saturated heterocycles. The molecule has 1 aromatic heterocycles. The summed E-state index contributed by atoms with van der Waals surface area (Å²) in [7, 11) is 1.36. The van der Waals surface area contributed by atoms with Gasteiger partial charge in [-0.25, -0.2) is 13.6 Å². The average Bonchev–Trinajstić information content (AvgIpc) is 2.65. The van der Waals surface area contributed by atoms with Crippen LogP contribution in [0.4, 0.5) is 8.78 Å². The Bertz CT molecular complexity index is 523. The minimum Gasteiger partial charge on any atom is -0.480 e. The molecule has 1 aliphatic carbocycles. The van der Waals surface area contributed by atoms with Crippen molar-refractivity contribution < 1.29 is 23.5 Å². The molecular weight excluding hydrogens is 260 g/mol. The summed E-state index contributed by atoms with van der Waals surface area (Å²) in [6.45, 7) is 0. The number of nitrogens with one attached hydrogen (secondary N) is 1. The van der Waals surface area contributed by atoms with E-state index in [1.54, 1.807) is 0 Å². The molecular formula is C11H13F2N3O3. The second-order valence-electron chi connectivity index (χ2n) is 4.57. The van der Waals surface area contributed by atoms with Gasteiger partial charge >= 0.3 is 5.97 Å². The normalized spacial score (nSPS) is 17.1. The topological polar surface area (TPSA) is 84.2 Å². The minimum absolute atomic E-state index is 0.0807. The van der Waals surface area contributed by atoms with Crippen molar-refractivity contribution in [2.24, 2.45) is 7.05 Å². The lowest BCUT2D eigenvalue weighted by molar-refractivity contribution is -0.148. The van der Waals surface area contributed by atoms with Crippen LogP contribution in [0.15, 0.2) is 6.07 Å². The van der Waals surface area contributed by atoms with E-state index >= 15 is 0 Å². The first-order chi connectivity index (χ1) is 8.85. The molecule has 2 N–H and O–H groups in total. The van der Waals surface area contributed by atoms with E-state index in [0.717, 1.165) is 10.7 Å². The smallest absolute Gasteiger partial charge is 0.329 e. The molecule has 104 valence electrons. The molecule has 1 fully saturated rings. The number of carboxylic acid groups (broad SMARTS) is 1. The Hall–Kier alpha value is -1.99. The fourth-order valence-corrected chi connectivity index (χ4v) is 2.01. The Kier molecular flexibility index (Phi) is 3.25. The number of alkyl halides is 2. The van der Waals surface area contributed by atoms with Gasteiger partial charge in [-0.15, -0.1) is 0 Å². The predicted molar refractivity (Wildman–Crippen MR) is 59.8 cm³/mol. The lowest BCUT2D eigenvalue weighted by Crippen LogP contribution is -2.59. The molecule has 8 heteroatoms. The maximum atomic E-state index is 12.5. The van der Waals surface area contributed by atoms with Crippen molar-refractivity contribution in [1.29, 1.82) is 0 Å². The number of aromatic nitrogens is 2. The van der Waals surface area contributed by atoms with Gasteiger partial charge in [-0.3, -0.25) is 9.48 Å². The Morgan fingerprint density at radius 2 is 2.16 bits per heavy atom. The van der Waals surface area contributed by atoms with Crippen LogP contribution >= 0.6 is 0 Å². The van der Waals surface area contributed by atoms with Crippen molar-refractivity contribution >= 4 is 11.9 Å². The van der Waals surface area contributed by atoms with Crippen LogP contribution in [0.1, 0.15) is 41.9 Å². The van der Waals surface area contributed by atoms with Gasteiger partial charge in [0.15, 0.2) is 0 Å². The van der Waals surface area contributed by atoms with E-state index < -0.39 is 29.5 Å². The van der Waals surface area contributed by atoms with Crippen molar-refractivity contribution in [2.75, 3.05) is 0 Å².